The van der Waals surface area contributed by atoms with Crippen LogP contribution in [-0.4, -0.2) is 24.0 Å². The molecule has 4 aromatic rings. The highest BCUT2D eigenvalue weighted by molar-refractivity contribution is 7.96. The Labute approximate surface area is 144 Å². The van der Waals surface area contributed by atoms with Crippen molar-refractivity contribution in [1.82, 2.24) is 0 Å². The number of carbonyl (C=O) groups is 1. The number of hydrogen-bond acceptors (Lipinski definition) is 1. The summed E-state index contributed by atoms with van der Waals surface area (Å²) < 4.78 is 0. The third-order valence-corrected chi connectivity index (χ3v) is 5.27. The van der Waals surface area contributed by atoms with E-state index in [0.717, 1.165) is 27.1 Å². The lowest BCUT2D eigenvalue weighted by atomic mass is 9.92. The number of benzene rings is 4. The second kappa shape index (κ2) is 5.95. The molecule has 0 N–H and O–H groups in total. The maximum atomic E-state index is 13.0. The van der Waals surface area contributed by atoms with Crippen molar-refractivity contribution in [3.8, 4) is 0 Å². The lowest BCUT2D eigenvalue weighted by molar-refractivity contribution is 0.102. The molecular weight excluding hydrogens is 312 g/mol. The lowest BCUT2D eigenvalue weighted by Gasteiger charge is -2.11. The Hall–Kier alpha value is -2.32. The van der Waals surface area contributed by atoms with Gasteiger partial charge in [0.05, 0.1) is 12.5 Å². The van der Waals surface area contributed by atoms with Gasteiger partial charge in [0.25, 0.3) is 0 Å². The van der Waals surface area contributed by atoms with Gasteiger partial charge in [-0.2, -0.15) is 0 Å². The highest BCUT2D eigenvalue weighted by Gasteiger charge is 2.20. The zero-order chi connectivity index (χ0) is 16.7. The number of fused-ring (bicyclic) bond motifs is 3. The summed E-state index contributed by atoms with van der Waals surface area (Å²) in [7, 11) is 0.0914. The summed E-state index contributed by atoms with van der Waals surface area (Å²) in [4.78, 5) is 13.0. The average molecular weight is 331 g/mol. The number of carbonyl (C=O) groups excluding carboxylic acids is 1. The predicted molar refractivity (Wildman–Crippen MR) is 107 cm³/mol. The molecule has 2 heteroatoms. The van der Waals surface area contributed by atoms with Crippen molar-refractivity contribution in [3.63, 3.8) is 0 Å². The van der Waals surface area contributed by atoms with E-state index in [1.54, 1.807) is 0 Å². The molecule has 24 heavy (non-hydrogen) atoms. The first-order chi connectivity index (χ1) is 11.6. The van der Waals surface area contributed by atoms with E-state index in [1.165, 1.54) is 10.8 Å². The normalized spacial score (nSPS) is 11.6. The second-order valence-electron chi connectivity index (χ2n) is 6.45. The van der Waals surface area contributed by atoms with Crippen LogP contribution in [0.2, 0.25) is 0 Å². The van der Waals surface area contributed by atoms with Gasteiger partial charge in [-0.15, -0.1) is 0 Å². The summed E-state index contributed by atoms with van der Waals surface area (Å²) in [6.45, 7) is 0. The first-order valence-electron chi connectivity index (χ1n) is 8.05. The first kappa shape index (κ1) is 15.2. The van der Waals surface area contributed by atoms with Crippen LogP contribution in [0.5, 0.6) is 0 Å². The lowest BCUT2D eigenvalue weighted by Crippen LogP contribution is -2.14. The predicted octanol–water partition coefficient (Wildman–Crippen LogP) is 5.21. The van der Waals surface area contributed by atoms with Crippen molar-refractivity contribution in [3.05, 3.63) is 72.3 Å². The van der Waals surface area contributed by atoms with Gasteiger partial charge in [0, 0.05) is 5.56 Å². The molecule has 0 unspecified atom stereocenters. The van der Waals surface area contributed by atoms with Crippen LogP contribution in [0.1, 0.15) is 10.4 Å². The van der Waals surface area contributed by atoms with Gasteiger partial charge in [0.15, 0.2) is 5.75 Å². The van der Waals surface area contributed by atoms with Crippen LogP contribution in [-0.2, 0) is 10.9 Å². The molecule has 4 aromatic carbocycles. The maximum Gasteiger partial charge on any atom is 0.213 e. The summed E-state index contributed by atoms with van der Waals surface area (Å²) in [6.07, 6.45) is 4.25. The Morgan fingerprint density at radius 3 is 2.04 bits per heavy atom. The molecule has 0 radical (unpaired) electrons. The smallest absolute Gasteiger partial charge is 0.213 e. The SMILES string of the molecule is C[S+](C)CC(=O)c1c2ccccc2cc2cc3ccccc3cc12. The van der Waals surface area contributed by atoms with E-state index in [9.17, 15) is 4.79 Å². The molecule has 0 saturated heterocycles. The fraction of sp³-hybridized carbons (Fsp3) is 0.136. The molecule has 0 aliphatic carbocycles. The molecule has 118 valence electrons. The van der Waals surface area contributed by atoms with Crippen LogP contribution < -0.4 is 0 Å². The fourth-order valence-electron chi connectivity index (χ4n) is 3.39. The van der Waals surface area contributed by atoms with Crippen molar-refractivity contribution in [2.24, 2.45) is 0 Å². The monoisotopic (exact) mass is 331 g/mol. The van der Waals surface area contributed by atoms with E-state index >= 15 is 0 Å². The summed E-state index contributed by atoms with van der Waals surface area (Å²) in [5.41, 5.74) is 0.884. The molecular formula is C22H19OS+. The van der Waals surface area contributed by atoms with Crippen LogP contribution >= 0.6 is 0 Å². The summed E-state index contributed by atoms with van der Waals surface area (Å²) in [5.74, 6) is 0.857. The third kappa shape index (κ3) is 2.57. The largest absolute Gasteiger partial charge is 0.289 e. The zero-order valence-electron chi connectivity index (χ0n) is 13.9. The fourth-order valence-corrected chi connectivity index (χ4v) is 4.06. The van der Waals surface area contributed by atoms with E-state index in [2.05, 4.69) is 61.0 Å². The van der Waals surface area contributed by atoms with Crippen molar-refractivity contribution in [2.75, 3.05) is 18.3 Å². The molecule has 1 nitrogen and oxygen atoms in total. The quantitative estimate of drug-likeness (QED) is 0.286. The van der Waals surface area contributed by atoms with Crippen molar-refractivity contribution in [1.29, 1.82) is 0 Å². The number of ketones is 1. The molecule has 0 atom stereocenters. The summed E-state index contributed by atoms with van der Waals surface area (Å²) in [5, 5.41) is 6.81. The van der Waals surface area contributed by atoms with Crippen molar-refractivity contribution in [2.45, 2.75) is 0 Å². The Kier molecular flexibility index (Phi) is 3.78. The van der Waals surface area contributed by atoms with E-state index < -0.39 is 0 Å². The Morgan fingerprint density at radius 1 is 0.750 bits per heavy atom. The molecule has 0 aliphatic heterocycles. The minimum Gasteiger partial charge on any atom is -0.289 e. The van der Waals surface area contributed by atoms with E-state index in [4.69, 9.17) is 0 Å². The molecule has 0 aliphatic rings. The highest BCUT2D eigenvalue weighted by atomic mass is 32.2. The standard InChI is InChI=1S/C22H19OS/c1-24(2)14-21(23)22-19-10-6-5-9-17(19)12-18-11-15-7-3-4-8-16(15)13-20(18)22/h3-13H,14H2,1-2H3/q+1. The van der Waals surface area contributed by atoms with Crippen LogP contribution in [0.3, 0.4) is 0 Å². The molecule has 0 aromatic heterocycles. The van der Waals surface area contributed by atoms with Crippen LogP contribution in [0.25, 0.3) is 32.3 Å². The molecule has 0 fully saturated rings. The molecule has 0 bridgehead atoms. The van der Waals surface area contributed by atoms with Gasteiger partial charge >= 0.3 is 0 Å². The van der Waals surface area contributed by atoms with Crippen LogP contribution in [0, 0.1) is 0 Å². The minimum atomic E-state index is 0.0914. The Balaban J connectivity index is 2.13. The zero-order valence-corrected chi connectivity index (χ0v) is 14.7. The molecule has 4 rings (SSSR count). The van der Waals surface area contributed by atoms with Gasteiger partial charge in [-0.1, -0.05) is 48.5 Å². The third-order valence-electron chi connectivity index (χ3n) is 4.43. The van der Waals surface area contributed by atoms with Crippen LogP contribution in [0.15, 0.2) is 66.7 Å². The number of Topliss-reactive ketones (excluding diaryl/α,β-unsaturated/α-hetero) is 1. The van der Waals surface area contributed by atoms with Gasteiger partial charge in [0.2, 0.25) is 5.78 Å². The van der Waals surface area contributed by atoms with Crippen molar-refractivity contribution >= 4 is 49.0 Å². The van der Waals surface area contributed by atoms with Crippen molar-refractivity contribution < 1.29 is 4.79 Å². The van der Waals surface area contributed by atoms with Gasteiger partial charge in [-0.25, -0.2) is 0 Å². The maximum absolute atomic E-state index is 13.0. The molecule has 0 heterocycles. The summed E-state index contributed by atoms with van der Waals surface area (Å²) >= 11 is 0. The van der Waals surface area contributed by atoms with Gasteiger partial charge in [-0.3, -0.25) is 4.79 Å². The van der Waals surface area contributed by atoms with Gasteiger partial charge in [0.1, 0.15) is 0 Å². The van der Waals surface area contributed by atoms with E-state index in [-0.39, 0.29) is 16.7 Å². The summed E-state index contributed by atoms with van der Waals surface area (Å²) in [6, 6.07) is 23.1. The second-order valence-corrected chi connectivity index (χ2v) is 8.71. The first-order valence-corrected chi connectivity index (χ1v) is 10.3. The molecule has 0 saturated carbocycles. The highest BCUT2D eigenvalue weighted by Crippen LogP contribution is 2.32. The van der Waals surface area contributed by atoms with Crippen LogP contribution in [0.4, 0.5) is 0 Å². The molecule has 0 amide bonds. The van der Waals surface area contributed by atoms with Gasteiger partial charge < -0.3 is 0 Å². The number of hydrogen-bond donors (Lipinski definition) is 0. The molecule has 0 spiro atoms. The van der Waals surface area contributed by atoms with Gasteiger partial charge in [-0.05, 0) is 61.4 Å². The topological polar surface area (TPSA) is 17.1 Å². The Bertz CT molecular complexity index is 1070. The Morgan fingerprint density at radius 2 is 1.33 bits per heavy atom. The minimum absolute atomic E-state index is 0.0914. The van der Waals surface area contributed by atoms with E-state index in [1.807, 2.05) is 18.2 Å². The average Bonchev–Trinajstić information content (AvgIpc) is 2.57. The number of rotatable bonds is 3. The van der Waals surface area contributed by atoms with E-state index in [0.29, 0.717) is 5.75 Å².